The van der Waals surface area contributed by atoms with Crippen molar-refractivity contribution in [3.05, 3.63) is 66.1 Å². The average Bonchev–Trinajstić information content (AvgIpc) is 3.07. The van der Waals surface area contributed by atoms with Crippen molar-refractivity contribution in [2.75, 3.05) is 19.7 Å². The van der Waals surface area contributed by atoms with Crippen molar-refractivity contribution < 1.29 is 14.6 Å². The molecule has 3 rings (SSSR count). The fourth-order valence-corrected chi connectivity index (χ4v) is 2.61. The molecule has 0 aliphatic carbocycles. The lowest BCUT2D eigenvalue weighted by molar-refractivity contribution is 0.0732. The SMILES string of the molecule is CCN(CCO)C(=O)c1ccc(OCc2cn3ccccc3n2)cc1. The van der Waals surface area contributed by atoms with Gasteiger partial charge >= 0.3 is 0 Å². The number of aliphatic hydroxyl groups excluding tert-OH is 1. The molecule has 2 heterocycles. The van der Waals surface area contributed by atoms with Gasteiger partial charge in [-0.3, -0.25) is 4.79 Å². The van der Waals surface area contributed by atoms with E-state index in [1.54, 1.807) is 29.2 Å². The Hall–Kier alpha value is -2.86. The Kier molecular flexibility index (Phi) is 5.30. The Morgan fingerprint density at radius 3 is 2.72 bits per heavy atom. The Morgan fingerprint density at radius 1 is 1.24 bits per heavy atom. The second-order valence-electron chi connectivity index (χ2n) is 5.62. The van der Waals surface area contributed by atoms with Gasteiger partial charge in [0.15, 0.2) is 0 Å². The van der Waals surface area contributed by atoms with Gasteiger partial charge in [0, 0.05) is 31.0 Å². The summed E-state index contributed by atoms with van der Waals surface area (Å²) in [6.07, 6.45) is 3.87. The van der Waals surface area contributed by atoms with Crippen molar-refractivity contribution in [1.29, 1.82) is 0 Å². The number of carbonyl (C=O) groups excluding carboxylic acids is 1. The summed E-state index contributed by atoms with van der Waals surface area (Å²) in [5.41, 5.74) is 2.30. The summed E-state index contributed by atoms with van der Waals surface area (Å²) < 4.78 is 7.70. The van der Waals surface area contributed by atoms with E-state index < -0.39 is 0 Å². The summed E-state index contributed by atoms with van der Waals surface area (Å²) in [5.74, 6) is 0.585. The minimum absolute atomic E-state index is 0.0419. The van der Waals surface area contributed by atoms with Crippen LogP contribution in [0.2, 0.25) is 0 Å². The van der Waals surface area contributed by atoms with Gasteiger partial charge in [0.2, 0.25) is 0 Å². The number of fused-ring (bicyclic) bond motifs is 1. The van der Waals surface area contributed by atoms with Crippen molar-refractivity contribution in [2.45, 2.75) is 13.5 Å². The van der Waals surface area contributed by atoms with Gasteiger partial charge < -0.3 is 19.1 Å². The minimum atomic E-state index is -0.0940. The number of hydrogen-bond acceptors (Lipinski definition) is 4. The summed E-state index contributed by atoms with van der Waals surface area (Å²) >= 11 is 0. The van der Waals surface area contributed by atoms with Gasteiger partial charge in [0.1, 0.15) is 18.0 Å². The summed E-state index contributed by atoms with van der Waals surface area (Å²) in [7, 11) is 0. The van der Waals surface area contributed by atoms with Crippen LogP contribution in [-0.2, 0) is 6.61 Å². The Bertz CT molecular complexity index is 810. The number of carbonyl (C=O) groups is 1. The van der Waals surface area contributed by atoms with Crippen molar-refractivity contribution in [3.63, 3.8) is 0 Å². The number of ether oxygens (including phenoxy) is 1. The second kappa shape index (κ2) is 7.81. The fraction of sp³-hybridized carbons (Fsp3) is 0.263. The number of imidazole rings is 1. The van der Waals surface area contributed by atoms with Crippen LogP contribution in [0.4, 0.5) is 0 Å². The summed E-state index contributed by atoms with van der Waals surface area (Å²) in [6.45, 7) is 3.10. The van der Waals surface area contributed by atoms with Gasteiger partial charge in [0.05, 0.1) is 12.3 Å². The molecule has 0 aliphatic rings. The van der Waals surface area contributed by atoms with Crippen LogP contribution in [0.15, 0.2) is 54.9 Å². The zero-order valence-electron chi connectivity index (χ0n) is 14.1. The predicted octanol–water partition coefficient (Wildman–Crippen LogP) is 2.37. The zero-order chi connectivity index (χ0) is 17.6. The molecule has 1 amide bonds. The monoisotopic (exact) mass is 339 g/mol. The van der Waals surface area contributed by atoms with E-state index in [-0.39, 0.29) is 12.5 Å². The van der Waals surface area contributed by atoms with Gasteiger partial charge in [-0.05, 0) is 43.3 Å². The summed E-state index contributed by atoms with van der Waals surface area (Å²) in [4.78, 5) is 18.4. The number of pyridine rings is 1. The molecule has 0 fully saturated rings. The maximum absolute atomic E-state index is 12.3. The van der Waals surface area contributed by atoms with Crippen molar-refractivity contribution in [1.82, 2.24) is 14.3 Å². The molecule has 0 spiro atoms. The molecule has 0 unspecified atom stereocenters. The third-order valence-electron chi connectivity index (χ3n) is 3.94. The van der Waals surface area contributed by atoms with E-state index in [9.17, 15) is 4.79 Å². The average molecular weight is 339 g/mol. The molecule has 6 nitrogen and oxygen atoms in total. The highest BCUT2D eigenvalue weighted by molar-refractivity contribution is 5.94. The molecule has 0 saturated carbocycles. The molecule has 0 radical (unpaired) electrons. The number of amides is 1. The van der Waals surface area contributed by atoms with E-state index in [4.69, 9.17) is 9.84 Å². The van der Waals surface area contributed by atoms with E-state index >= 15 is 0 Å². The molecule has 0 bridgehead atoms. The number of likely N-dealkylation sites (N-methyl/N-ethyl adjacent to an activating group) is 1. The summed E-state index contributed by atoms with van der Waals surface area (Å²) in [5, 5.41) is 9.02. The molecule has 2 aromatic heterocycles. The van der Waals surface area contributed by atoms with E-state index in [1.807, 2.05) is 41.9 Å². The molecule has 1 aromatic carbocycles. The molecule has 130 valence electrons. The zero-order valence-corrected chi connectivity index (χ0v) is 14.1. The Labute approximate surface area is 146 Å². The normalized spacial score (nSPS) is 10.8. The third-order valence-corrected chi connectivity index (χ3v) is 3.94. The Balaban J connectivity index is 1.63. The van der Waals surface area contributed by atoms with Gasteiger partial charge in [-0.1, -0.05) is 6.07 Å². The highest BCUT2D eigenvalue weighted by Crippen LogP contribution is 2.16. The highest BCUT2D eigenvalue weighted by atomic mass is 16.5. The number of rotatable bonds is 7. The van der Waals surface area contributed by atoms with E-state index in [0.29, 0.717) is 31.0 Å². The number of benzene rings is 1. The lowest BCUT2D eigenvalue weighted by Crippen LogP contribution is -2.33. The minimum Gasteiger partial charge on any atom is -0.487 e. The van der Waals surface area contributed by atoms with Crippen LogP contribution in [0.3, 0.4) is 0 Å². The van der Waals surface area contributed by atoms with Gasteiger partial charge in [-0.2, -0.15) is 0 Å². The molecular formula is C19H21N3O3. The molecular weight excluding hydrogens is 318 g/mol. The number of aromatic nitrogens is 2. The first-order valence-electron chi connectivity index (χ1n) is 8.27. The van der Waals surface area contributed by atoms with Crippen LogP contribution in [0.25, 0.3) is 5.65 Å². The molecule has 0 saturated heterocycles. The molecule has 6 heteroatoms. The first-order valence-corrected chi connectivity index (χ1v) is 8.27. The topological polar surface area (TPSA) is 67.1 Å². The standard InChI is InChI=1S/C19H21N3O3/c1-2-21(11-12-23)19(24)15-6-8-17(9-7-15)25-14-16-13-22-10-4-3-5-18(22)20-16/h3-10,13,23H,2,11-12,14H2,1H3. The number of hydrogen-bond donors (Lipinski definition) is 1. The second-order valence-corrected chi connectivity index (χ2v) is 5.62. The molecule has 3 aromatic rings. The first kappa shape index (κ1) is 17.0. The maximum Gasteiger partial charge on any atom is 0.253 e. The summed E-state index contributed by atoms with van der Waals surface area (Å²) in [6, 6.07) is 12.9. The number of nitrogens with zero attached hydrogens (tertiary/aromatic N) is 3. The highest BCUT2D eigenvalue weighted by Gasteiger charge is 2.13. The van der Waals surface area contributed by atoms with Crippen LogP contribution >= 0.6 is 0 Å². The molecule has 0 aliphatic heterocycles. The molecule has 25 heavy (non-hydrogen) atoms. The lowest BCUT2D eigenvalue weighted by Gasteiger charge is -2.19. The largest absolute Gasteiger partial charge is 0.487 e. The fourth-order valence-electron chi connectivity index (χ4n) is 2.61. The smallest absolute Gasteiger partial charge is 0.253 e. The van der Waals surface area contributed by atoms with E-state index in [2.05, 4.69) is 4.98 Å². The number of aliphatic hydroxyl groups is 1. The quantitative estimate of drug-likeness (QED) is 0.718. The van der Waals surface area contributed by atoms with Crippen LogP contribution < -0.4 is 4.74 Å². The molecule has 0 atom stereocenters. The van der Waals surface area contributed by atoms with Gasteiger partial charge in [0.25, 0.3) is 5.91 Å². The van der Waals surface area contributed by atoms with Gasteiger partial charge in [-0.15, -0.1) is 0 Å². The molecule has 1 N–H and O–H groups in total. The maximum atomic E-state index is 12.3. The van der Waals surface area contributed by atoms with Crippen molar-refractivity contribution in [3.8, 4) is 5.75 Å². The third kappa shape index (κ3) is 3.97. The van der Waals surface area contributed by atoms with Gasteiger partial charge in [-0.25, -0.2) is 4.98 Å². The van der Waals surface area contributed by atoms with Crippen LogP contribution in [-0.4, -0.2) is 45.0 Å². The van der Waals surface area contributed by atoms with Crippen LogP contribution in [0.1, 0.15) is 23.0 Å². The van der Waals surface area contributed by atoms with Crippen LogP contribution in [0, 0.1) is 0 Å². The van der Waals surface area contributed by atoms with E-state index in [0.717, 1.165) is 11.3 Å². The van der Waals surface area contributed by atoms with Crippen molar-refractivity contribution >= 4 is 11.6 Å². The van der Waals surface area contributed by atoms with Crippen LogP contribution in [0.5, 0.6) is 5.75 Å². The van der Waals surface area contributed by atoms with Crippen molar-refractivity contribution in [2.24, 2.45) is 0 Å². The Morgan fingerprint density at radius 2 is 2.04 bits per heavy atom. The first-order chi connectivity index (χ1) is 12.2. The lowest BCUT2D eigenvalue weighted by atomic mass is 10.2. The van der Waals surface area contributed by atoms with E-state index in [1.165, 1.54) is 0 Å². The predicted molar refractivity (Wildman–Crippen MR) is 94.6 cm³/mol.